The molecule has 0 spiro atoms. The van der Waals surface area contributed by atoms with Gasteiger partial charge in [-0.1, -0.05) is 42.5 Å². The van der Waals surface area contributed by atoms with Gasteiger partial charge in [-0.05, 0) is 42.5 Å². The van der Waals surface area contributed by atoms with Crippen LogP contribution in [-0.4, -0.2) is 54.8 Å². The fourth-order valence-corrected chi connectivity index (χ4v) is 3.55. The first-order chi connectivity index (χ1) is 13.7. The number of amides is 1. The van der Waals surface area contributed by atoms with E-state index < -0.39 is 6.61 Å². The van der Waals surface area contributed by atoms with Crippen LogP contribution in [0.25, 0.3) is 0 Å². The maximum Gasteiger partial charge on any atom is 0.245 e. The van der Waals surface area contributed by atoms with Crippen molar-refractivity contribution in [3.05, 3.63) is 65.7 Å². The molecule has 1 fully saturated rings. The molecule has 1 aliphatic rings. The Bertz CT molecular complexity index is 710. The Balaban J connectivity index is 1.34. The molecule has 2 aromatic rings. The van der Waals surface area contributed by atoms with E-state index in [1.54, 1.807) is 0 Å². The highest BCUT2D eigenvalue weighted by Crippen LogP contribution is 2.15. The Kier molecular flexibility index (Phi) is 7.88. The lowest BCUT2D eigenvalue weighted by Gasteiger charge is -2.32. The minimum absolute atomic E-state index is 0.197. The monoisotopic (exact) mass is 382 g/mol. The largest absolute Gasteiger partial charge is 0.493 e. The molecule has 2 aromatic carbocycles. The van der Waals surface area contributed by atoms with Crippen molar-refractivity contribution in [1.82, 2.24) is 10.2 Å². The van der Waals surface area contributed by atoms with Gasteiger partial charge in [-0.25, -0.2) is 0 Å². The second-order valence-corrected chi connectivity index (χ2v) is 7.32. The van der Waals surface area contributed by atoms with E-state index in [-0.39, 0.29) is 11.9 Å². The lowest BCUT2D eigenvalue weighted by molar-refractivity contribution is -0.124. The number of aliphatic hydroxyl groups excluding tert-OH is 1. The molecule has 0 atom stereocenters. The van der Waals surface area contributed by atoms with Crippen molar-refractivity contribution in [2.75, 3.05) is 32.8 Å². The second-order valence-electron chi connectivity index (χ2n) is 7.32. The van der Waals surface area contributed by atoms with Gasteiger partial charge in [0.1, 0.15) is 12.4 Å². The zero-order valence-electron chi connectivity index (χ0n) is 16.3. The Morgan fingerprint density at radius 2 is 1.68 bits per heavy atom. The van der Waals surface area contributed by atoms with Gasteiger partial charge in [-0.3, -0.25) is 4.79 Å². The highest BCUT2D eigenvalue weighted by Gasteiger charge is 2.20. The van der Waals surface area contributed by atoms with Gasteiger partial charge in [0.15, 0.2) is 0 Å². The molecule has 28 heavy (non-hydrogen) atoms. The molecule has 1 saturated heterocycles. The summed E-state index contributed by atoms with van der Waals surface area (Å²) in [7, 11) is 0. The molecule has 5 heteroatoms. The first kappa shape index (κ1) is 20.4. The lowest BCUT2D eigenvalue weighted by Crippen LogP contribution is -2.45. The Hall–Kier alpha value is -2.37. The van der Waals surface area contributed by atoms with Gasteiger partial charge in [-0.2, -0.15) is 0 Å². The third-order valence-corrected chi connectivity index (χ3v) is 5.24. The van der Waals surface area contributed by atoms with Gasteiger partial charge >= 0.3 is 0 Å². The van der Waals surface area contributed by atoms with Gasteiger partial charge in [0.25, 0.3) is 0 Å². The number of likely N-dealkylation sites (tertiary alicyclic amines) is 1. The van der Waals surface area contributed by atoms with Crippen molar-refractivity contribution >= 4 is 5.91 Å². The molecule has 0 radical (unpaired) electrons. The molecule has 3 rings (SSSR count). The predicted octanol–water partition coefficient (Wildman–Crippen LogP) is 2.42. The summed E-state index contributed by atoms with van der Waals surface area (Å²) in [6.45, 7) is 3.25. The second kappa shape index (κ2) is 10.8. The first-order valence-corrected chi connectivity index (χ1v) is 10.1. The summed E-state index contributed by atoms with van der Waals surface area (Å²) in [5.41, 5.74) is 2.60. The lowest BCUT2D eigenvalue weighted by atomic mass is 10.0. The van der Waals surface area contributed by atoms with Crippen LogP contribution in [0, 0.1) is 0 Å². The molecule has 1 amide bonds. The van der Waals surface area contributed by atoms with Crippen LogP contribution in [0.1, 0.15) is 24.0 Å². The summed E-state index contributed by atoms with van der Waals surface area (Å²) in [5.74, 6) is 0.643. The van der Waals surface area contributed by atoms with Crippen LogP contribution in [0.15, 0.2) is 54.6 Å². The highest BCUT2D eigenvalue weighted by molar-refractivity contribution is 5.77. The summed E-state index contributed by atoms with van der Waals surface area (Å²) >= 11 is 0. The third-order valence-electron chi connectivity index (χ3n) is 5.24. The van der Waals surface area contributed by atoms with Crippen LogP contribution >= 0.6 is 0 Å². The summed E-state index contributed by atoms with van der Waals surface area (Å²) in [6, 6.07) is 19.0. The van der Waals surface area contributed by atoms with E-state index in [0.29, 0.717) is 6.61 Å². The number of piperidine rings is 1. The molecule has 1 heterocycles. The Morgan fingerprint density at radius 3 is 2.36 bits per heavy atom. The fraction of sp³-hybridized carbons (Fsp3) is 0.435. The number of carbonyl (C=O) groups is 1. The number of nitrogens with one attached hydrogen (secondary N) is 1. The summed E-state index contributed by atoms with van der Waals surface area (Å²) in [5, 5.41) is 11.7. The zero-order valence-corrected chi connectivity index (χ0v) is 16.3. The maximum absolute atomic E-state index is 11.3. The standard InChI is InChI=1S/C23H30N2O3/c26-18-23(27)24-21-11-15-25(16-12-21)14-10-20-6-8-22(9-7-20)28-17-13-19-4-2-1-3-5-19/h1-9,21,26H,10-18H2,(H,24,27). The fourth-order valence-electron chi connectivity index (χ4n) is 3.55. The van der Waals surface area contributed by atoms with Crippen molar-refractivity contribution in [2.24, 2.45) is 0 Å². The molecule has 0 saturated carbocycles. The third kappa shape index (κ3) is 6.66. The first-order valence-electron chi connectivity index (χ1n) is 10.1. The topological polar surface area (TPSA) is 61.8 Å². The van der Waals surface area contributed by atoms with Crippen molar-refractivity contribution in [3.8, 4) is 5.75 Å². The van der Waals surface area contributed by atoms with E-state index in [1.165, 1.54) is 11.1 Å². The normalized spacial score (nSPS) is 15.3. The number of aliphatic hydroxyl groups is 1. The van der Waals surface area contributed by atoms with Gasteiger partial charge in [0.2, 0.25) is 5.91 Å². The van der Waals surface area contributed by atoms with Gasteiger partial charge in [-0.15, -0.1) is 0 Å². The molecule has 0 bridgehead atoms. The minimum Gasteiger partial charge on any atom is -0.493 e. The van der Waals surface area contributed by atoms with E-state index in [4.69, 9.17) is 9.84 Å². The molecule has 150 valence electrons. The molecular formula is C23H30N2O3. The summed E-state index contributed by atoms with van der Waals surface area (Å²) in [6.07, 6.45) is 3.81. The average molecular weight is 383 g/mol. The van der Waals surface area contributed by atoms with Gasteiger partial charge in [0.05, 0.1) is 6.61 Å². The quantitative estimate of drug-likeness (QED) is 0.699. The molecule has 2 N–H and O–H groups in total. The van der Waals surface area contributed by atoms with Crippen LogP contribution in [0.4, 0.5) is 0 Å². The number of nitrogens with zero attached hydrogens (tertiary/aromatic N) is 1. The smallest absolute Gasteiger partial charge is 0.245 e. The predicted molar refractivity (Wildman–Crippen MR) is 110 cm³/mol. The van der Waals surface area contributed by atoms with E-state index >= 15 is 0 Å². The van der Waals surface area contributed by atoms with E-state index in [9.17, 15) is 4.79 Å². The van der Waals surface area contributed by atoms with Crippen molar-refractivity contribution < 1.29 is 14.6 Å². The zero-order chi connectivity index (χ0) is 19.6. The van der Waals surface area contributed by atoms with Crippen LogP contribution in [0.2, 0.25) is 0 Å². The molecule has 0 unspecified atom stereocenters. The Morgan fingerprint density at radius 1 is 1.00 bits per heavy atom. The van der Waals surface area contributed by atoms with Crippen LogP contribution in [0.3, 0.4) is 0 Å². The number of carbonyl (C=O) groups excluding carboxylic acids is 1. The van der Waals surface area contributed by atoms with Crippen LogP contribution in [-0.2, 0) is 17.6 Å². The number of benzene rings is 2. The van der Waals surface area contributed by atoms with E-state index in [0.717, 1.165) is 51.1 Å². The molecule has 1 aliphatic heterocycles. The number of ether oxygens (including phenoxy) is 1. The van der Waals surface area contributed by atoms with Crippen molar-refractivity contribution in [1.29, 1.82) is 0 Å². The average Bonchev–Trinajstić information content (AvgIpc) is 2.75. The summed E-state index contributed by atoms with van der Waals surface area (Å²) < 4.78 is 5.85. The SMILES string of the molecule is O=C(CO)NC1CCN(CCc2ccc(OCCc3ccccc3)cc2)CC1. The highest BCUT2D eigenvalue weighted by atomic mass is 16.5. The Labute approximate surface area is 167 Å². The summed E-state index contributed by atoms with van der Waals surface area (Å²) in [4.78, 5) is 13.7. The van der Waals surface area contributed by atoms with Gasteiger partial charge in [0, 0.05) is 32.1 Å². The number of hydrogen-bond donors (Lipinski definition) is 2. The van der Waals surface area contributed by atoms with Crippen molar-refractivity contribution in [2.45, 2.75) is 31.7 Å². The minimum atomic E-state index is -0.424. The van der Waals surface area contributed by atoms with Crippen molar-refractivity contribution in [3.63, 3.8) is 0 Å². The van der Waals surface area contributed by atoms with Gasteiger partial charge < -0.3 is 20.1 Å². The molecule has 0 aromatic heterocycles. The number of hydrogen-bond acceptors (Lipinski definition) is 4. The van der Waals surface area contributed by atoms with E-state index in [2.05, 4.69) is 58.7 Å². The van der Waals surface area contributed by atoms with Crippen LogP contribution < -0.4 is 10.1 Å². The van der Waals surface area contributed by atoms with Crippen LogP contribution in [0.5, 0.6) is 5.75 Å². The van der Waals surface area contributed by atoms with E-state index in [1.807, 2.05) is 6.07 Å². The molecular weight excluding hydrogens is 352 g/mol. The molecule has 0 aliphatic carbocycles. The maximum atomic E-state index is 11.3. The number of rotatable bonds is 9. The molecule has 5 nitrogen and oxygen atoms in total.